The van der Waals surface area contributed by atoms with Gasteiger partial charge in [0.25, 0.3) is 0 Å². The maximum Gasteiger partial charge on any atom is 0.211 e. The van der Waals surface area contributed by atoms with Crippen molar-refractivity contribution in [3.63, 3.8) is 0 Å². The summed E-state index contributed by atoms with van der Waals surface area (Å²) < 4.78 is 24.9. The minimum atomic E-state index is -2.99. The first kappa shape index (κ1) is 14.3. The molecule has 0 aromatic heterocycles. The molecule has 3 atom stereocenters. The monoisotopic (exact) mass is 274 g/mol. The van der Waals surface area contributed by atoms with E-state index in [1.807, 2.05) is 0 Å². The molecule has 2 saturated heterocycles. The number of rotatable bonds is 3. The topological polar surface area (TPSA) is 49.4 Å². The van der Waals surface area contributed by atoms with Crippen molar-refractivity contribution in [2.75, 3.05) is 25.9 Å². The molecular weight excluding hydrogens is 248 g/mol. The van der Waals surface area contributed by atoms with Crippen LogP contribution in [0.3, 0.4) is 0 Å². The number of nitrogens with zero attached hydrogens (tertiary/aromatic N) is 1. The van der Waals surface area contributed by atoms with Crippen LogP contribution in [0.25, 0.3) is 0 Å². The summed E-state index contributed by atoms with van der Waals surface area (Å²) in [6.45, 7) is 4.83. The fraction of sp³-hybridized carbons (Fsp3) is 1.00. The molecule has 2 aliphatic rings. The lowest BCUT2D eigenvalue weighted by atomic mass is 9.82. The molecule has 2 heterocycles. The number of hydrogen-bond donors (Lipinski definition) is 1. The number of nitrogens with one attached hydrogen (secondary N) is 1. The highest BCUT2D eigenvalue weighted by atomic mass is 32.2. The van der Waals surface area contributed by atoms with Gasteiger partial charge in [0.2, 0.25) is 10.0 Å². The third kappa shape index (κ3) is 3.93. The summed E-state index contributed by atoms with van der Waals surface area (Å²) in [7, 11) is -2.99. The molecule has 106 valence electrons. The zero-order valence-corrected chi connectivity index (χ0v) is 12.4. The van der Waals surface area contributed by atoms with Gasteiger partial charge in [0.05, 0.1) is 6.26 Å². The SMILES string of the molecule is CC1CC(CC2CCCN(S(C)(=O)=O)C2)CCN1. The Labute approximate surface area is 111 Å². The molecule has 0 saturated carbocycles. The van der Waals surface area contributed by atoms with Crippen LogP contribution in [0.4, 0.5) is 0 Å². The van der Waals surface area contributed by atoms with Gasteiger partial charge >= 0.3 is 0 Å². The van der Waals surface area contributed by atoms with Crippen LogP contribution in [0.15, 0.2) is 0 Å². The molecular formula is C13H26N2O2S. The smallest absolute Gasteiger partial charge is 0.211 e. The molecule has 2 aliphatic heterocycles. The van der Waals surface area contributed by atoms with Gasteiger partial charge in [-0.25, -0.2) is 12.7 Å². The lowest BCUT2D eigenvalue weighted by molar-refractivity contribution is 0.200. The number of sulfonamides is 1. The van der Waals surface area contributed by atoms with Gasteiger partial charge in [-0.2, -0.15) is 0 Å². The fourth-order valence-corrected chi connectivity index (χ4v) is 4.38. The third-order valence-electron chi connectivity index (χ3n) is 4.35. The summed E-state index contributed by atoms with van der Waals surface area (Å²) in [5.74, 6) is 1.36. The Morgan fingerprint density at radius 3 is 2.72 bits per heavy atom. The summed E-state index contributed by atoms with van der Waals surface area (Å²) in [5, 5.41) is 3.48. The lowest BCUT2D eigenvalue weighted by Gasteiger charge is -2.35. The van der Waals surface area contributed by atoms with Crippen molar-refractivity contribution in [2.45, 2.75) is 45.1 Å². The van der Waals surface area contributed by atoms with E-state index in [-0.39, 0.29) is 0 Å². The minimum Gasteiger partial charge on any atom is -0.314 e. The highest BCUT2D eigenvalue weighted by Crippen LogP contribution is 2.29. The summed E-state index contributed by atoms with van der Waals surface area (Å²) in [5.41, 5.74) is 0. The molecule has 0 spiro atoms. The summed E-state index contributed by atoms with van der Waals surface area (Å²) in [4.78, 5) is 0. The predicted octanol–water partition coefficient (Wildman–Crippen LogP) is 1.44. The van der Waals surface area contributed by atoms with E-state index in [1.54, 1.807) is 4.31 Å². The van der Waals surface area contributed by atoms with Gasteiger partial charge in [0, 0.05) is 19.1 Å². The van der Waals surface area contributed by atoms with Crippen molar-refractivity contribution in [3.8, 4) is 0 Å². The van der Waals surface area contributed by atoms with Crippen molar-refractivity contribution >= 4 is 10.0 Å². The molecule has 2 fully saturated rings. The molecule has 0 amide bonds. The maximum absolute atomic E-state index is 11.6. The van der Waals surface area contributed by atoms with Crippen molar-refractivity contribution in [3.05, 3.63) is 0 Å². The number of hydrogen-bond acceptors (Lipinski definition) is 3. The molecule has 18 heavy (non-hydrogen) atoms. The van der Waals surface area contributed by atoms with Crippen LogP contribution in [0.1, 0.15) is 39.0 Å². The second kappa shape index (κ2) is 5.88. The summed E-state index contributed by atoms with van der Waals surface area (Å²) in [6.07, 6.45) is 7.26. The van der Waals surface area contributed by atoms with Crippen LogP contribution < -0.4 is 5.32 Å². The van der Waals surface area contributed by atoms with E-state index in [2.05, 4.69) is 12.2 Å². The van der Waals surface area contributed by atoms with E-state index in [9.17, 15) is 8.42 Å². The Balaban J connectivity index is 1.86. The molecule has 0 aromatic rings. The molecule has 0 radical (unpaired) electrons. The first-order valence-electron chi connectivity index (χ1n) is 7.13. The van der Waals surface area contributed by atoms with Crippen LogP contribution in [0.2, 0.25) is 0 Å². The van der Waals surface area contributed by atoms with E-state index in [4.69, 9.17) is 0 Å². The maximum atomic E-state index is 11.6. The Hall–Kier alpha value is -0.130. The Bertz CT molecular complexity index is 369. The second-order valence-electron chi connectivity index (χ2n) is 6.11. The number of piperidine rings is 2. The highest BCUT2D eigenvalue weighted by Gasteiger charge is 2.28. The zero-order chi connectivity index (χ0) is 13.2. The molecule has 5 heteroatoms. The van der Waals surface area contributed by atoms with Crippen LogP contribution in [0.5, 0.6) is 0 Å². The van der Waals surface area contributed by atoms with E-state index >= 15 is 0 Å². The van der Waals surface area contributed by atoms with Gasteiger partial charge in [-0.3, -0.25) is 0 Å². The van der Waals surface area contributed by atoms with Crippen molar-refractivity contribution in [1.82, 2.24) is 9.62 Å². The van der Waals surface area contributed by atoms with Crippen LogP contribution in [-0.4, -0.2) is 44.7 Å². The average molecular weight is 274 g/mol. The van der Waals surface area contributed by atoms with Gasteiger partial charge in [-0.05, 0) is 57.4 Å². The first-order valence-corrected chi connectivity index (χ1v) is 8.98. The van der Waals surface area contributed by atoms with Crippen molar-refractivity contribution in [1.29, 1.82) is 0 Å². The Morgan fingerprint density at radius 2 is 2.06 bits per heavy atom. The minimum absolute atomic E-state index is 0.573. The molecule has 0 aliphatic carbocycles. The molecule has 4 nitrogen and oxygen atoms in total. The quantitative estimate of drug-likeness (QED) is 0.847. The van der Waals surface area contributed by atoms with E-state index in [0.29, 0.717) is 12.0 Å². The highest BCUT2D eigenvalue weighted by molar-refractivity contribution is 7.88. The summed E-state index contributed by atoms with van der Waals surface area (Å²) in [6, 6.07) is 0.623. The Morgan fingerprint density at radius 1 is 1.28 bits per heavy atom. The second-order valence-corrected chi connectivity index (χ2v) is 8.09. The van der Waals surface area contributed by atoms with Gasteiger partial charge < -0.3 is 5.32 Å². The van der Waals surface area contributed by atoms with E-state index in [0.717, 1.165) is 32.0 Å². The molecule has 2 rings (SSSR count). The largest absolute Gasteiger partial charge is 0.314 e. The van der Waals surface area contributed by atoms with Gasteiger partial charge in [-0.15, -0.1) is 0 Å². The van der Waals surface area contributed by atoms with Crippen LogP contribution in [0, 0.1) is 11.8 Å². The van der Waals surface area contributed by atoms with Gasteiger partial charge in [0.15, 0.2) is 0 Å². The zero-order valence-electron chi connectivity index (χ0n) is 11.6. The van der Waals surface area contributed by atoms with Crippen LogP contribution >= 0.6 is 0 Å². The van der Waals surface area contributed by atoms with Crippen molar-refractivity contribution < 1.29 is 8.42 Å². The lowest BCUT2D eigenvalue weighted by Crippen LogP contribution is -2.41. The van der Waals surface area contributed by atoms with Gasteiger partial charge in [-0.1, -0.05) is 0 Å². The first-order chi connectivity index (χ1) is 8.45. The summed E-state index contributed by atoms with van der Waals surface area (Å²) >= 11 is 0. The molecule has 1 N–H and O–H groups in total. The standard InChI is InChI=1S/C13H26N2O2S/c1-11-8-12(5-6-14-11)9-13-4-3-7-15(10-13)18(2,16)17/h11-14H,3-10H2,1-2H3. The predicted molar refractivity (Wildman–Crippen MR) is 73.9 cm³/mol. The van der Waals surface area contributed by atoms with Crippen LogP contribution in [-0.2, 0) is 10.0 Å². The fourth-order valence-electron chi connectivity index (χ4n) is 3.44. The molecule has 3 unspecified atom stereocenters. The van der Waals surface area contributed by atoms with E-state index < -0.39 is 10.0 Å². The molecule has 0 aromatic carbocycles. The third-order valence-corrected chi connectivity index (χ3v) is 5.62. The van der Waals surface area contributed by atoms with Gasteiger partial charge in [0.1, 0.15) is 0 Å². The van der Waals surface area contributed by atoms with E-state index in [1.165, 1.54) is 31.9 Å². The molecule has 0 bridgehead atoms. The average Bonchev–Trinajstić information content (AvgIpc) is 2.28. The Kier molecular flexibility index (Phi) is 4.67. The van der Waals surface area contributed by atoms with Crippen molar-refractivity contribution in [2.24, 2.45) is 11.8 Å². The normalized spacial score (nSPS) is 35.6.